The highest BCUT2D eigenvalue weighted by molar-refractivity contribution is 5.99. The summed E-state index contributed by atoms with van der Waals surface area (Å²) in [5.74, 6) is -1.54. The number of nitrogens with one attached hydrogen (secondary N) is 1. The van der Waals surface area contributed by atoms with Gasteiger partial charge in [-0.1, -0.05) is 5.16 Å². The number of nitrogens with zero attached hydrogens (tertiary/aromatic N) is 3. The van der Waals surface area contributed by atoms with Crippen LogP contribution in [0.25, 0.3) is 10.9 Å². The largest absolute Gasteiger partial charge is 0.382 e. The van der Waals surface area contributed by atoms with E-state index in [2.05, 4.69) is 10.1 Å². The fourth-order valence-corrected chi connectivity index (χ4v) is 4.36. The summed E-state index contributed by atoms with van der Waals surface area (Å²) in [5.41, 5.74) is 0.784. The minimum atomic E-state index is -0.740. The first-order valence-corrected chi connectivity index (χ1v) is 10.3. The number of amides is 2. The molecule has 0 bridgehead atoms. The van der Waals surface area contributed by atoms with E-state index in [0.717, 1.165) is 25.0 Å². The molecule has 10 heteroatoms. The molecule has 0 unspecified atom stereocenters. The van der Waals surface area contributed by atoms with E-state index in [1.54, 1.807) is 19.1 Å². The molecule has 3 aromatic rings. The number of rotatable bonds is 5. The van der Waals surface area contributed by atoms with Crippen LogP contribution in [0.5, 0.6) is 0 Å². The second kappa shape index (κ2) is 7.40. The van der Waals surface area contributed by atoms with Gasteiger partial charge in [-0.3, -0.25) is 9.59 Å². The lowest BCUT2D eigenvalue weighted by Crippen LogP contribution is -2.43. The maximum absolute atomic E-state index is 14.0. The number of hydrogen-bond donors (Lipinski definition) is 1. The van der Waals surface area contributed by atoms with Gasteiger partial charge in [0.15, 0.2) is 5.69 Å². The number of halogens is 2. The Bertz CT molecular complexity index is 1230. The molecule has 1 N–H and O–H groups in total. The fraction of sp³-hybridized carbons (Fsp3) is 0.409. The summed E-state index contributed by atoms with van der Waals surface area (Å²) < 4.78 is 38.2. The second-order valence-electron chi connectivity index (χ2n) is 8.46. The van der Waals surface area contributed by atoms with E-state index in [4.69, 9.17) is 9.26 Å². The summed E-state index contributed by atoms with van der Waals surface area (Å²) in [6.07, 6.45) is 2.11. The van der Waals surface area contributed by atoms with Crippen LogP contribution in [0.3, 0.4) is 0 Å². The van der Waals surface area contributed by atoms with E-state index in [1.165, 1.54) is 11.0 Å². The van der Waals surface area contributed by atoms with Gasteiger partial charge in [-0.15, -0.1) is 0 Å². The molecule has 1 aliphatic carbocycles. The normalized spacial score (nSPS) is 16.8. The van der Waals surface area contributed by atoms with E-state index in [1.807, 2.05) is 0 Å². The topological polar surface area (TPSA) is 91.7 Å². The molecule has 32 heavy (non-hydrogen) atoms. The molecule has 0 spiro atoms. The first kappa shape index (κ1) is 20.6. The van der Waals surface area contributed by atoms with Crippen LogP contribution in [-0.4, -0.2) is 64.6 Å². The molecule has 1 saturated carbocycles. The summed E-state index contributed by atoms with van der Waals surface area (Å²) in [5, 5.41) is 4.14. The molecule has 1 aliphatic heterocycles. The highest BCUT2D eigenvalue weighted by atomic mass is 19.1. The number of benzene rings is 1. The monoisotopic (exact) mass is 444 g/mol. The number of fused-ring (bicyclic) bond motifs is 2. The van der Waals surface area contributed by atoms with Crippen LogP contribution < -0.4 is 0 Å². The average molecular weight is 444 g/mol. The van der Waals surface area contributed by atoms with Gasteiger partial charge in [0.2, 0.25) is 0 Å². The number of methoxy groups -OCH3 is 1. The van der Waals surface area contributed by atoms with Gasteiger partial charge in [0.1, 0.15) is 23.1 Å². The maximum Gasteiger partial charge on any atom is 0.276 e. The zero-order valence-corrected chi connectivity index (χ0v) is 17.7. The number of likely N-dealkylation sites (N-methyl/N-ethyl adjacent to an activating group) is 1. The lowest BCUT2D eigenvalue weighted by Gasteiger charge is -2.28. The molecule has 1 aromatic carbocycles. The number of ether oxygens (including phenoxy) is 1. The number of aromatic nitrogens is 2. The third kappa shape index (κ3) is 3.26. The van der Waals surface area contributed by atoms with Crippen LogP contribution >= 0.6 is 0 Å². The highest BCUT2D eigenvalue weighted by Gasteiger charge is 2.49. The van der Waals surface area contributed by atoms with E-state index in [-0.39, 0.29) is 46.2 Å². The Morgan fingerprint density at radius 3 is 2.81 bits per heavy atom. The van der Waals surface area contributed by atoms with Gasteiger partial charge in [0, 0.05) is 44.1 Å². The average Bonchev–Trinajstić information content (AvgIpc) is 3.23. The predicted molar refractivity (Wildman–Crippen MR) is 109 cm³/mol. The van der Waals surface area contributed by atoms with Crippen LogP contribution in [0.4, 0.5) is 8.78 Å². The van der Waals surface area contributed by atoms with Crippen molar-refractivity contribution in [2.24, 2.45) is 0 Å². The number of H-pyrrole nitrogens is 1. The molecular weight excluding hydrogens is 422 g/mol. The standard InChI is InChI=1S/C22H22F2N4O4/c1-27(22(4-5-22)11-31-2)21(30)19-14-10-28(6-3-18(14)32-26-19)20(29)17-9-13-15(24)7-12(23)8-16(13)25-17/h7-9,25H,3-6,10-11H2,1-2H3. The van der Waals surface area contributed by atoms with Crippen molar-refractivity contribution in [3.63, 3.8) is 0 Å². The van der Waals surface area contributed by atoms with Crippen molar-refractivity contribution >= 4 is 22.7 Å². The van der Waals surface area contributed by atoms with Crippen LogP contribution in [-0.2, 0) is 17.7 Å². The zero-order chi connectivity index (χ0) is 22.6. The molecular formula is C22H22F2N4O4. The van der Waals surface area contributed by atoms with Gasteiger partial charge in [-0.2, -0.15) is 0 Å². The predicted octanol–water partition coefficient (Wildman–Crippen LogP) is 2.88. The smallest absolute Gasteiger partial charge is 0.276 e. The van der Waals surface area contributed by atoms with Crippen LogP contribution in [0.2, 0.25) is 0 Å². The van der Waals surface area contributed by atoms with Crippen molar-refractivity contribution in [3.05, 3.63) is 52.5 Å². The number of hydrogen-bond acceptors (Lipinski definition) is 5. The Morgan fingerprint density at radius 1 is 1.31 bits per heavy atom. The van der Waals surface area contributed by atoms with Gasteiger partial charge in [0.05, 0.1) is 24.2 Å². The molecule has 0 radical (unpaired) electrons. The molecule has 3 heterocycles. The Hall–Kier alpha value is -3.27. The quantitative estimate of drug-likeness (QED) is 0.654. The third-order valence-electron chi connectivity index (χ3n) is 6.46. The van der Waals surface area contributed by atoms with Crippen molar-refractivity contribution in [2.45, 2.75) is 31.3 Å². The molecule has 5 rings (SSSR count). The SMILES string of the molecule is COCC1(N(C)C(=O)c2noc3c2CN(C(=O)c2cc4c(F)cc(F)cc4[nH]2)CC3)CC1. The fourth-order valence-electron chi connectivity index (χ4n) is 4.36. The summed E-state index contributed by atoms with van der Waals surface area (Å²) in [6, 6.07) is 3.29. The lowest BCUT2D eigenvalue weighted by molar-refractivity contribution is 0.0538. The molecule has 1 fully saturated rings. The Balaban J connectivity index is 1.39. The molecule has 0 saturated heterocycles. The van der Waals surface area contributed by atoms with Gasteiger partial charge in [0.25, 0.3) is 11.8 Å². The summed E-state index contributed by atoms with van der Waals surface area (Å²) >= 11 is 0. The second-order valence-corrected chi connectivity index (χ2v) is 8.46. The number of carbonyl (C=O) groups is 2. The van der Waals surface area contributed by atoms with E-state index < -0.39 is 11.6 Å². The maximum atomic E-state index is 14.0. The minimum Gasteiger partial charge on any atom is -0.382 e. The van der Waals surface area contributed by atoms with Crippen molar-refractivity contribution in [2.75, 3.05) is 27.3 Å². The van der Waals surface area contributed by atoms with Gasteiger partial charge >= 0.3 is 0 Å². The van der Waals surface area contributed by atoms with Crippen LogP contribution in [0.15, 0.2) is 22.7 Å². The third-order valence-corrected chi connectivity index (χ3v) is 6.46. The zero-order valence-electron chi connectivity index (χ0n) is 17.7. The Morgan fingerprint density at radius 2 is 2.09 bits per heavy atom. The van der Waals surface area contributed by atoms with Gasteiger partial charge < -0.3 is 24.0 Å². The van der Waals surface area contributed by atoms with E-state index in [9.17, 15) is 18.4 Å². The highest BCUT2D eigenvalue weighted by Crippen LogP contribution is 2.42. The number of aromatic amines is 1. The number of carbonyl (C=O) groups excluding carboxylic acids is 2. The van der Waals surface area contributed by atoms with E-state index >= 15 is 0 Å². The van der Waals surface area contributed by atoms with Crippen molar-refractivity contribution in [1.29, 1.82) is 0 Å². The lowest BCUT2D eigenvalue weighted by atomic mass is 10.0. The van der Waals surface area contributed by atoms with Crippen molar-refractivity contribution in [3.8, 4) is 0 Å². The van der Waals surface area contributed by atoms with E-state index in [0.29, 0.717) is 30.9 Å². The molecule has 168 valence electrons. The summed E-state index contributed by atoms with van der Waals surface area (Å²) in [6.45, 7) is 0.928. The Kier molecular flexibility index (Phi) is 4.77. The Labute approximate surface area is 182 Å². The summed E-state index contributed by atoms with van der Waals surface area (Å²) in [4.78, 5) is 32.2. The molecule has 0 atom stereocenters. The van der Waals surface area contributed by atoms with Crippen molar-refractivity contribution < 1.29 is 27.6 Å². The first-order valence-electron chi connectivity index (χ1n) is 10.3. The van der Waals surface area contributed by atoms with Crippen LogP contribution in [0, 0.1) is 11.6 Å². The molecule has 8 nitrogen and oxygen atoms in total. The first-order chi connectivity index (χ1) is 15.3. The van der Waals surface area contributed by atoms with Crippen LogP contribution in [0.1, 0.15) is 45.1 Å². The molecule has 2 amide bonds. The van der Waals surface area contributed by atoms with Gasteiger partial charge in [-0.25, -0.2) is 8.78 Å². The molecule has 2 aliphatic rings. The molecule has 2 aromatic heterocycles. The van der Waals surface area contributed by atoms with Gasteiger partial charge in [-0.05, 0) is 25.0 Å². The summed E-state index contributed by atoms with van der Waals surface area (Å²) in [7, 11) is 3.32. The van der Waals surface area contributed by atoms with Crippen molar-refractivity contribution in [1.82, 2.24) is 19.9 Å². The minimum absolute atomic E-state index is 0.135.